The number of nitrogens with zero attached hydrogens (tertiary/aromatic N) is 3. The van der Waals surface area contributed by atoms with E-state index in [4.69, 9.17) is 0 Å². The number of hydrogen-bond donors (Lipinski definition) is 1. The van der Waals surface area contributed by atoms with Gasteiger partial charge < -0.3 is 5.11 Å². The van der Waals surface area contributed by atoms with Gasteiger partial charge in [-0.25, -0.2) is 0 Å². The van der Waals surface area contributed by atoms with Crippen LogP contribution in [-0.4, -0.2) is 45.0 Å². The van der Waals surface area contributed by atoms with E-state index in [1.54, 1.807) is 0 Å². The van der Waals surface area contributed by atoms with E-state index in [0.29, 0.717) is 12.0 Å². The maximum atomic E-state index is 10.3. The van der Waals surface area contributed by atoms with Crippen molar-refractivity contribution in [3.8, 4) is 0 Å². The predicted molar refractivity (Wildman–Crippen MR) is 84.2 cm³/mol. The molecule has 1 aromatic heterocycles. The summed E-state index contributed by atoms with van der Waals surface area (Å²) in [7, 11) is 0. The minimum atomic E-state index is -0.0628. The normalized spacial score (nSPS) is 30.9. The second-order valence-corrected chi connectivity index (χ2v) is 6.72. The van der Waals surface area contributed by atoms with Gasteiger partial charge in [0, 0.05) is 31.2 Å². The first-order valence-electron chi connectivity index (χ1n) is 8.71. The van der Waals surface area contributed by atoms with Crippen molar-refractivity contribution in [1.29, 1.82) is 0 Å². The van der Waals surface area contributed by atoms with Crippen LogP contribution in [0.5, 0.6) is 0 Å². The molecular formula is C17H29N3O. The summed E-state index contributed by atoms with van der Waals surface area (Å²) in [5, 5.41) is 14.7. The largest absolute Gasteiger partial charge is 0.393 e. The SMILES string of the molecule is CCn1cc(CCN2CCC[C@@H]2[C@H]2CCCC[C@@H]2O)cn1. The van der Waals surface area contributed by atoms with Crippen molar-refractivity contribution < 1.29 is 5.11 Å². The zero-order valence-corrected chi connectivity index (χ0v) is 13.2. The van der Waals surface area contributed by atoms with Gasteiger partial charge in [-0.3, -0.25) is 9.58 Å². The van der Waals surface area contributed by atoms with Gasteiger partial charge in [0.15, 0.2) is 0 Å². The van der Waals surface area contributed by atoms with Gasteiger partial charge in [0.25, 0.3) is 0 Å². The summed E-state index contributed by atoms with van der Waals surface area (Å²) in [6.45, 7) is 5.39. The molecule has 1 saturated heterocycles. The maximum Gasteiger partial charge on any atom is 0.0583 e. The average molecular weight is 291 g/mol. The molecule has 1 aliphatic carbocycles. The molecular weight excluding hydrogens is 262 g/mol. The van der Waals surface area contributed by atoms with Crippen LogP contribution in [0.15, 0.2) is 12.4 Å². The zero-order chi connectivity index (χ0) is 14.7. The third-order valence-corrected chi connectivity index (χ3v) is 5.39. The Morgan fingerprint density at radius 3 is 2.86 bits per heavy atom. The highest BCUT2D eigenvalue weighted by molar-refractivity contribution is 5.05. The fraction of sp³-hybridized carbons (Fsp3) is 0.824. The van der Waals surface area contributed by atoms with Crippen LogP contribution in [0.1, 0.15) is 51.0 Å². The first-order valence-corrected chi connectivity index (χ1v) is 8.71. The van der Waals surface area contributed by atoms with E-state index >= 15 is 0 Å². The van der Waals surface area contributed by atoms with Crippen LogP contribution < -0.4 is 0 Å². The van der Waals surface area contributed by atoms with E-state index in [1.807, 2.05) is 10.9 Å². The third kappa shape index (κ3) is 3.49. The van der Waals surface area contributed by atoms with Crippen LogP contribution >= 0.6 is 0 Å². The van der Waals surface area contributed by atoms with Crippen molar-refractivity contribution >= 4 is 0 Å². The summed E-state index contributed by atoms with van der Waals surface area (Å²) in [5.41, 5.74) is 1.34. The summed E-state index contributed by atoms with van der Waals surface area (Å²) in [4.78, 5) is 2.63. The molecule has 0 unspecified atom stereocenters. The minimum absolute atomic E-state index is 0.0628. The Morgan fingerprint density at radius 2 is 2.10 bits per heavy atom. The lowest BCUT2D eigenvalue weighted by Crippen LogP contribution is -2.43. The molecule has 3 rings (SSSR count). The molecule has 1 aromatic rings. The van der Waals surface area contributed by atoms with Crippen LogP contribution in [0.25, 0.3) is 0 Å². The Hall–Kier alpha value is -0.870. The molecule has 0 bridgehead atoms. The third-order valence-electron chi connectivity index (χ3n) is 5.39. The molecule has 2 fully saturated rings. The number of hydrogen-bond acceptors (Lipinski definition) is 3. The summed E-state index contributed by atoms with van der Waals surface area (Å²) >= 11 is 0. The van der Waals surface area contributed by atoms with Crippen molar-refractivity contribution in [2.75, 3.05) is 13.1 Å². The van der Waals surface area contributed by atoms with Gasteiger partial charge in [-0.05, 0) is 51.1 Å². The van der Waals surface area contributed by atoms with Crippen molar-refractivity contribution in [2.45, 2.75) is 70.6 Å². The molecule has 2 aliphatic rings. The number of rotatable bonds is 5. The van der Waals surface area contributed by atoms with Crippen molar-refractivity contribution in [3.63, 3.8) is 0 Å². The summed E-state index contributed by atoms with van der Waals surface area (Å²) in [6, 6.07) is 0.613. The first kappa shape index (κ1) is 15.0. The second-order valence-electron chi connectivity index (χ2n) is 6.72. The predicted octanol–water partition coefficient (Wildman–Crippen LogP) is 2.46. The van der Waals surface area contributed by atoms with Crippen LogP contribution in [0.3, 0.4) is 0 Å². The van der Waals surface area contributed by atoms with E-state index in [1.165, 1.54) is 44.2 Å². The molecule has 1 aliphatic heterocycles. The van der Waals surface area contributed by atoms with E-state index in [-0.39, 0.29) is 6.10 Å². The van der Waals surface area contributed by atoms with E-state index in [2.05, 4.69) is 23.1 Å². The summed E-state index contributed by atoms with van der Waals surface area (Å²) < 4.78 is 2.00. The number of aromatic nitrogens is 2. The average Bonchev–Trinajstić information content (AvgIpc) is 3.14. The molecule has 0 spiro atoms. The Balaban J connectivity index is 1.56. The minimum Gasteiger partial charge on any atom is -0.393 e. The topological polar surface area (TPSA) is 41.3 Å². The van der Waals surface area contributed by atoms with Crippen molar-refractivity contribution in [2.24, 2.45) is 5.92 Å². The number of aliphatic hydroxyl groups is 1. The molecule has 21 heavy (non-hydrogen) atoms. The lowest BCUT2D eigenvalue weighted by atomic mass is 9.80. The molecule has 0 amide bonds. The van der Waals surface area contributed by atoms with Gasteiger partial charge in [-0.2, -0.15) is 5.10 Å². The Morgan fingerprint density at radius 1 is 1.24 bits per heavy atom. The number of likely N-dealkylation sites (tertiary alicyclic amines) is 1. The van der Waals surface area contributed by atoms with E-state index in [9.17, 15) is 5.11 Å². The van der Waals surface area contributed by atoms with Crippen molar-refractivity contribution in [3.05, 3.63) is 18.0 Å². The molecule has 3 atom stereocenters. The lowest BCUT2D eigenvalue weighted by Gasteiger charge is -2.37. The zero-order valence-electron chi connectivity index (χ0n) is 13.2. The molecule has 1 saturated carbocycles. The Bertz CT molecular complexity index is 445. The second kappa shape index (κ2) is 6.93. The fourth-order valence-corrected chi connectivity index (χ4v) is 4.18. The number of aliphatic hydroxyl groups excluding tert-OH is 1. The first-order chi connectivity index (χ1) is 10.3. The highest BCUT2D eigenvalue weighted by Crippen LogP contribution is 2.34. The summed E-state index contributed by atoms with van der Waals surface area (Å²) in [5.74, 6) is 0.514. The standard InChI is InChI=1S/C17H29N3O/c1-2-20-13-14(12-18-20)9-11-19-10-5-7-16(19)15-6-3-4-8-17(15)21/h12-13,15-17,21H,2-11H2,1H3/t15-,16-,17+/m1/s1. The molecule has 0 aromatic carbocycles. The molecule has 4 heteroatoms. The monoisotopic (exact) mass is 291 g/mol. The molecule has 4 nitrogen and oxygen atoms in total. The Kier molecular flexibility index (Phi) is 4.96. The van der Waals surface area contributed by atoms with Crippen LogP contribution in [-0.2, 0) is 13.0 Å². The van der Waals surface area contributed by atoms with Crippen LogP contribution in [0, 0.1) is 5.92 Å². The highest BCUT2D eigenvalue weighted by atomic mass is 16.3. The van der Waals surface area contributed by atoms with Gasteiger partial charge in [0.1, 0.15) is 0 Å². The number of aryl methyl sites for hydroxylation is 1. The molecule has 2 heterocycles. The maximum absolute atomic E-state index is 10.3. The van der Waals surface area contributed by atoms with Gasteiger partial charge in [0.2, 0.25) is 0 Å². The van der Waals surface area contributed by atoms with Gasteiger partial charge in [-0.1, -0.05) is 12.8 Å². The van der Waals surface area contributed by atoms with Crippen molar-refractivity contribution in [1.82, 2.24) is 14.7 Å². The molecule has 118 valence electrons. The lowest BCUT2D eigenvalue weighted by molar-refractivity contribution is 0.0225. The van der Waals surface area contributed by atoms with Crippen LogP contribution in [0.4, 0.5) is 0 Å². The molecule has 0 radical (unpaired) electrons. The quantitative estimate of drug-likeness (QED) is 0.906. The molecule has 1 N–H and O–H groups in total. The highest BCUT2D eigenvalue weighted by Gasteiger charge is 2.36. The summed E-state index contributed by atoms with van der Waals surface area (Å²) in [6.07, 6.45) is 12.5. The van der Waals surface area contributed by atoms with Gasteiger partial charge in [0.05, 0.1) is 12.3 Å². The van der Waals surface area contributed by atoms with E-state index in [0.717, 1.165) is 25.9 Å². The van der Waals surface area contributed by atoms with Crippen LogP contribution in [0.2, 0.25) is 0 Å². The Labute approximate surface area is 128 Å². The fourth-order valence-electron chi connectivity index (χ4n) is 4.18. The van der Waals surface area contributed by atoms with Gasteiger partial charge >= 0.3 is 0 Å². The van der Waals surface area contributed by atoms with Gasteiger partial charge in [-0.15, -0.1) is 0 Å². The smallest absolute Gasteiger partial charge is 0.0583 e. The van der Waals surface area contributed by atoms with E-state index < -0.39 is 0 Å².